The van der Waals surface area contributed by atoms with Crippen molar-refractivity contribution in [2.45, 2.75) is 19.4 Å². The summed E-state index contributed by atoms with van der Waals surface area (Å²) >= 11 is 0. The Morgan fingerprint density at radius 2 is 2.15 bits per heavy atom. The first-order valence-corrected chi connectivity index (χ1v) is 6.16. The van der Waals surface area contributed by atoms with E-state index in [1.807, 2.05) is 0 Å². The van der Waals surface area contributed by atoms with Crippen molar-refractivity contribution in [3.63, 3.8) is 0 Å². The topological polar surface area (TPSA) is 91.4 Å². The Balaban J connectivity index is 2.35. The van der Waals surface area contributed by atoms with E-state index in [4.69, 9.17) is 0 Å². The van der Waals surface area contributed by atoms with Gasteiger partial charge in [0.15, 0.2) is 0 Å². The Labute approximate surface area is 116 Å². The van der Waals surface area contributed by atoms with Crippen LogP contribution in [-0.2, 0) is 9.59 Å². The predicted molar refractivity (Wildman–Crippen MR) is 72.0 cm³/mol. The molecule has 1 aliphatic heterocycles. The van der Waals surface area contributed by atoms with E-state index >= 15 is 0 Å². The molecule has 0 radical (unpaired) electrons. The number of rotatable bonds is 2. The number of carbonyl (C=O) groups is 3. The van der Waals surface area contributed by atoms with Crippen molar-refractivity contribution in [3.05, 3.63) is 24.0 Å². The lowest BCUT2D eigenvalue weighted by Gasteiger charge is -2.39. The van der Waals surface area contributed by atoms with Crippen molar-refractivity contribution in [2.24, 2.45) is 0 Å². The molecule has 1 aromatic rings. The van der Waals surface area contributed by atoms with Gasteiger partial charge < -0.3 is 10.2 Å². The molecule has 0 bridgehead atoms. The van der Waals surface area contributed by atoms with Crippen LogP contribution in [0.5, 0.6) is 0 Å². The number of imide groups is 1. The van der Waals surface area contributed by atoms with Gasteiger partial charge >= 0.3 is 0 Å². The number of piperazine rings is 1. The molecule has 0 aliphatic carbocycles. The van der Waals surface area contributed by atoms with Crippen LogP contribution in [0, 0.1) is 0 Å². The molecule has 1 saturated heterocycles. The lowest BCUT2D eigenvalue weighted by atomic mass is 9.98. The van der Waals surface area contributed by atoms with E-state index in [0.717, 1.165) is 5.69 Å². The van der Waals surface area contributed by atoms with Crippen LogP contribution in [-0.4, -0.2) is 46.7 Å². The molecular formula is C13H16N4O3. The first-order valence-electron chi connectivity index (χ1n) is 6.16. The normalized spacial score (nSPS) is 17.6. The third kappa shape index (κ3) is 2.34. The summed E-state index contributed by atoms with van der Waals surface area (Å²) in [6.07, 6.45) is 1.50. The second-order valence-electron chi connectivity index (χ2n) is 5.01. The second kappa shape index (κ2) is 4.92. The van der Waals surface area contributed by atoms with E-state index in [0.29, 0.717) is 0 Å². The Kier molecular flexibility index (Phi) is 3.44. The predicted octanol–water partition coefficient (Wildman–Crippen LogP) is 0.000500. The highest BCUT2D eigenvalue weighted by molar-refractivity contribution is 6.08. The molecule has 7 heteroatoms. The fourth-order valence-corrected chi connectivity index (χ4v) is 1.95. The number of nitrogens with one attached hydrogen (secondary N) is 2. The van der Waals surface area contributed by atoms with Crippen LogP contribution in [0.3, 0.4) is 0 Å². The first kappa shape index (κ1) is 14.0. The van der Waals surface area contributed by atoms with E-state index < -0.39 is 23.3 Å². The minimum absolute atomic E-state index is 0.164. The van der Waals surface area contributed by atoms with Gasteiger partial charge in [-0.1, -0.05) is 0 Å². The number of hydrogen-bond donors (Lipinski definition) is 2. The summed E-state index contributed by atoms with van der Waals surface area (Å²) in [5.74, 6) is -1.44. The number of anilines is 1. The molecule has 1 aliphatic rings. The van der Waals surface area contributed by atoms with Gasteiger partial charge in [-0.2, -0.15) is 0 Å². The molecule has 2 rings (SSSR count). The maximum atomic E-state index is 12.5. The molecule has 2 heterocycles. The van der Waals surface area contributed by atoms with Crippen molar-refractivity contribution in [2.75, 3.05) is 18.9 Å². The number of nitrogens with zero attached hydrogens (tertiary/aromatic N) is 2. The van der Waals surface area contributed by atoms with Gasteiger partial charge in [-0.15, -0.1) is 0 Å². The Hall–Kier alpha value is -2.44. The number of aromatic nitrogens is 1. The quantitative estimate of drug-likeness (QED) is 0.742. The zero-order valence-corrected chi connectivity index (χ0v) is 11.6. The summed E-state index contributed by atoms with van der Waals surface area (Å²) in [5.41, 5.74) is -0.177. The summed E-state index contributed by atoms with van der Waals surface area (Å²) in [4.78, 5) is 41.0. The molecule has 1 aromatic heterocycles. The molecule has 0 saturated carbocycles. The molecule has 0 aromatic carbocycles. The van der Waals surface area contributed by atoms with Gasteiger partial charge in [-0.05, 0) is 26.0 Å². The summed E-state index contributed by atoms with van der Waals surface area (Å²) in [5, 5.41) is 5.13. The molecule has 3 amide bonds. The van der Waals surface area contributed by atoms with Crippen LogP contribution < -0.4 is 10.6 Å². The zero-order valence-electron chi connectivity index (χ0n) is 11.6. The third-order valence-electron chi connectivity index (χ3n) is 3.30. The largest absolute Gasteiger partial charge is 0.388 e. The maximum absolute atomic E-state index is 12.5. The molecular weight excluding hydrogens is 260 g/mol. The lowest BCUT2D eigenvalue weighted by molar-refractivity contribution is -0.143. The van der Waals surface area contributed by atoms with Gasteiger partial charge in [0.05, 0.1) is 0 Å². The van der Waals surface area contributed by atoms with Gasteiger partial charge in [-0.3, -0.25) is 24.7 Å². The van der Waals surface area contributed by atoms with Crippen molar-refractivity contribution in [1.82, 2.24) is 15.2 Å². The summed E-state index contributed by atoms with van der Waals surface area (Å²) in [6, 6.07) is 3.30. The number of amides is 3. The van der Waals surface area contributed by atoms with Crippen molar-refractivity contribution in [1.29, 1.82) is 0 Å². The second-order valence-corrected chi connectivity index (χ2v) is 5.01. The third-order valence-corrected chi connectivity index (χ3v) is 3.30. The van der Waals surface area contributed by atoms with Crippen LogP contribution in [0.25, 0.3) is 0 Å². The molecule has 2 N–H and O–H groups in total. The highest BCUT2D eigenvalue weighted by Crippen LogP contribution is 2.21. The van der Waals surface area contributed by atoms with Gasteiger partial charge in [0, 0.05) is 18.9 Å². The van der Waals surface area contributed by atoms with Gasteiger partial charge in [0.25, 0.3) is 11.8 Å². The highest BCUT2D eigenvalue weighted by atomic mass is 16.2. The fourth-order valence-electron chi connectivity index (χ4n) is 1.95. The monoisotopic (exact) mass is 276 g/mol. The molecule has 7 nitrogen and oxygen atoms in total. The van der Waals surface area contributed by atoms with E-state index in [1.165, 1.54) is 11.1 Å². The molecule has 106 valence electrons. The Morgan fingerprint density at radius 1 is 1.45 bits per heavy atom. The fraction of sp³-hybridized carbons (Fsp3) is 0.385. The summed E-state index contributed by atoms with van der Waals surface area (Å²) < 4.78 is 0. The number of carbonyl (C=O) groups excluding carboxylic acids is 3. The molecule has 0 atom stereocenters. The number of pyridine rings is 1. The van der Waals surface area contributed by atoms with Crippen LogP contribution >= 0.6 is 0 Å². The maximum Gasteiger partial charge on any atom is 0.273 e. The summed E-state index contributed by atoms with van der Waals surface area (Å²) in [6.45, 7) is 3.02. The molecule has 20 heavy (non-hydrogen) atoms. The van der Waals surface area contributed by atoms with Gasteiger partial charge in [0.1, 0.15) is 17.8 Å². The van der Waals surface area contributed by atoms with E-state index in [2.05, 4.69) is 15.6 Å². The average molecular weight is 276 g/mol. The van der Waals surface area contributed by atoms with Crippen molar-refractivity contribution >= 4 is 23.4 Å². The SMILES string of the molecule is CNc1ccnc(C(=O)N2CC(=O)NC(=O)C2(C)C)c1. The van der Waals surface area contributed by atoms with Crippen LogP contribution in [0.4, 0.5) is 5.69 Å². The van der Waals surface area contributed by atoms with Crippen molar-refractivity contribution < 1.29 is 14.4 Å². The Bertz CT molecular complexity index is 583. The van der Waals surface area contributed by atoms with E-state index in [-0.39, 0.29) is 12.2 Å². The zero-order chi connectivity index (χ0) is 14.9. The standard InChI is InChI=1S/C13H16N4O3/c1-13(2)12(20)16-10(18)7-17(13)11(19)9-6-8(14-3)4-5-15-9/h4-6H,7H2,1-3H3,(H,14,15)(H,16,18,20). The first-order chi connectivity index (χ1) is 9.36. The van der Waals surface area contributed by atoms with Crippen LogP contribution in [0.15, 0.2) is 18.3 Å². The minimum atomic E-state index is -1.09. The van der Waals surface area contributed by atoms with Gasteiger partial charge in [-0.25, -0.2) is 0 Å². The molecule has 0 unspecified atom stereocenters. The lowest BCUT2D eigenvalue weighted by Crippen LogP contribution is -2.65. The summed E-state index contributed by atoms with van der Waals surface area (Å²) in [7, 11) is 1.73. The molecule has 1 fully saturated rings. The highest BCUT2D eigenvalue weighted by Gasteiger charge is 2.44. The van der Waals surface area contributed by atoms with Crippen LogP contribution in [0.2, 0.25) is 0 Å². The van der Waals surface area contributed by atoms with E-state index in [9.17, 15) is 14.4 Å². The van der Waals surface area contributed by atoms with Crippen molar-refractivity contribution in [3.8, 4) is 0 Å². The average Bonchev–Trinajstić information content (AvgIpc) is 2.42. The van der Waals surface area contributed by atoms with Gasteiger partial charge in [0.2, 0.25) is 5.91 Å². The smallest absolute Gasteiger partial charge is 0.273 e. The minimum Gasteiger partial charge on any atom is -0.388 e. The van der Waals surface area contributed by atoms with E-state index in [1.54, 1.807) is 33.0 Å². The number of hydrogen-bond acceptors (Lipinski definition) is 5. The Morgan fingerprint density at radius 3 is 2.80 bits per heavy atom. The molecule has 0 spiro atoms. The van der Waals surface area contributed by atoms with Crippen LogP contribution in [0.1, 0.15) is 24.3 Å².